The van der Waals surface area contributed by atoms with Gasteiger partial charge in [-0.2, -0.15) is 0 Å². The van der Waals surface area contributed by atoms with Crippen LogP contribution in [-0.2, 0) is 4.79 Å². The molecule has 1 unspecified atom stereocenters. The first-order valence-electron chi connectivity index (χ1n) is 5.62. The Morgan fingerprint density at radius 1 is 1.50 bits per heavy atom. The standard InChI is InChI=1S/C11H22N2O/c1-9(2)12-8-11-6-4-5-7-13(11)10(3)14/h9,11-12H,4-8H2,1-3H3. The zero-order chi connectivity index (χ0) is 10.6. The minimum absolute atomic E-state index is 0.222. The van der Waals surface area contributed by atoms with E-state index in [9.17, 15) is 4.79 Å². The molecule has 1 fully saturated rings. The SMILES string of the molecule is CC(=O)N1CCCCC1CNC(C)C. The smallest absolute Gasteiger partial charge is 0.219 e. The monoisotopic (exact) mass is 198 g/mol. The van der Waals surface area contributed by atoms with Gasteiger partial charge in [-0.3, -0.25) is 4.79 Å². The molecule has 0 aromatic heterocycles. The maximum Gasteiger partial charge on any atom is 0.219 e. The Hall–Kier alpha value is -0.570. The highest BCUT2D eigenvalue weighted by molar-refractivity contribution is 5.73. The Balaban J connectivity index is 2.42. The van der Waals surface area contributed by atoms with Crippen LogP contribution in [0.5, 0.6) is 0 Å². The van der Waals surface area contributed by atoms with Crippen LogP contribution in [0.1, 0.15) is 40.0 Å². The largest absolute Gasteiger partial charge is 0.339 e. The predicted octanol–water partition coefficient (Wildman–Crippen LogP) is 1.39. The van der Waals surface area contributed by atoms with Gasteiger partial charge in [0.15, 0.2) is 0 Å². The fraction of sp³-hybridized carbons (Fsp3) is 0.909. The highest BCUT2D eigenvalue weighted by atomic mass is 16.2. The lowest BCUT2D eigenvalue weighted by atomic mass is 10.0. The highest BCUT2D eigenvalue weighted by Crippen LogP contribution is 2.16. The molecule has 0 spiro atoms. The summed E-state index contributed by atoms with van der Waals surface area (Å²) in [7, 11) is 0. The third kappa shape index (κ3) is 3.29. The van der Waals surface area contributed by atoms with Crippen molar-refractivity contribution in [2.45, 2.75) is 52.1 Å². The Labute approximate surface area is 86.9 Å². The van der Waals surface area contributed by atoms with Crippen molar-refractivity contribution >= 4 is 5.91 Å². The lowest BCUT2D eigenvalue weighted by molar-refractivity contribution is -0.132. The molecule has 0 radical (unpaired) electrons. The first-order valence-corrected chi connectivity index (χ1v) is 5.62. The van der Waals surface area contributed by atoms with Gasteiger partial charge in [-0.1, -0.05) is 13.8 Å². The van der Waals surface area contributed by atoms with Crippen molar-refractivity contribution < 1.29 is 4.79 Å². The molecule has 0 aromatic rings. The third-order valence-corrected chi connectivity index (χ3v) is 2.79. The highest BCUT2D eigenvalue weighted by Gasteiger charge is 2.23. The van der Waals surface area contributed by atoms with Gasteiger partial charge >= 0.3 is 0 Å². The normalized spacial score (nSPS) is 22.9. The molecular formula is C11H22N2O. The van der Waals surface area contributed by atoms with Crippen LogP contribution in [0.25, 0.3) is 0 Å². The van der Waals surface area contributed by atoms with Crippen LogP contribution >= 0.6 is 0 Å². The molecule has 1 heterocycles. The van der Waals surface area contributed by atoms with Crippen LogP contribution in [0.4, 0.5) is 0 Å². The molecule has 82 valence electrons. The summed E-state index contributed by atoms with van der Waals surface area (Å²) in [6.45, 7) is 7.84. The van der Waals surface area contributed by atoms with E-state index >= 15 is 0 Å². The van der Waals surface area contributed by atoms with Gasteiger partial charge in [-0.15, -0.1) is 0 Å². The van der Waals surface area contributed by atoms with Gasteiger partial charge in [0.1, 0.15) is 0 Å². The lowest BCUT2D eigenvalue weighted by Crippen LogP contribution is -2.48. The van der Waals surface area contributed by atoms with Crippen LogP contribution in [0, 0.1) is 0 Å². The lowest BCUT2D eigenvalue weighted by Gasteiger charge is -2.35. The molecule has 1 N–H and O–H groups in total. The second-order valence-electron chi connectivity index (χ2n) is 4.42. The Bertz CT molecular complexity index is 192. The molecule has 14 heavy (non-hydrogen) atoms. The molecule has 1 aliphatic rings. The second-order valence-corrected chi connectivity index (χ2v) is 4.42. The van der Waals surface area contributed by atoms with Crippen molar-refractivity contribution in [3.63, 3.8) is 0 Å². The molecule has 1 aliphatic heterocycles. The van der Waals surface area contributed by atoms with Crippen molar-refractivity contribution in [1.29, 1.82) is 0 Å². The molecular weight excluding hydrogens is 176 g/mol. The molecule has 3 heteroatoms. The Morgan fingerprint density at radius 3 is 2.79 bits per heavy atom. The van der Waals surface area contributed by atoms with E-state index in [1.54, 1.807) is 6.92 Å². The summed E-state index contributed by atoms with van der Waals surface area (Å²) >= 11 is 0. The Kier molecular flexibility index (Phi) is 4.39. The van der Waals surface area contributed by atoms with Crippen LogP contribution in [0.3, 0.4) is 0 Å². The number of nitrogens with one attached hydrogen (secondary N) is 1. The zero-order valence-electron chi connectivity index (χ0n) is 9.55. The molecule has 3 nitrogen and oxygen atoms in total. The van der Waals surface area contributed by atoms with Gasteiger partial charge in [0.2, 0.25) is 5.91 Å². The number of likely N-dealkylation sites (tertiary alicyclic amines) is 1. The third-order valence-electron chi connectivity index (χ3n) is 2.79. The number of rotatable bonds is 3. The van der Waals surface area contributed by atoms with Crippen molar-refractivity contribution in [2.75, 3.05) is 13.1 Å². The molecule has 0 saturated carbocycles. The number of hydrogen-bond donors (Lipinski definition) is 1. The number of hydrogen-bond acceptors (Lipinski definition) is 2. The van der Waals surface area contributed by atoms with Crippen LogP contribution < -0.4 is 5.32 Å². The molecule has 0 bridgehead atoms. The fourth-order valence-electron chi connectivity index (χ4n) is 2.00. The molecule has 1 amide bonds. The van der Waals surface area contributed by atoms with E-state index in [1.165, 1.54) is 6.42 Å². The van der Waals surface area contributed by atoms with Gasteiger partial charge in [0, 0.05) is 32.1 Å². The number of carbonyl (C=O) groups excluding carboxylic acids is 1. The Morgan fingerprint density at radius 2 is 2.21 bits per heavy atom. The van der Waals surface area contributed by atoms with E-state index in [4.69, 9.17) is 0 Å². The number of nitrogens with zero attached hydrogens (tertiary/aromatic N) is 1. The summed E-state index contributed by atoms with van der Waals surface area (Å²) in [6.07, 6.45) is 3.57. The number of carbonyl (C=O) groups is 1. The molecule has 1 atom stereocenters. The maximum absolute atomic E-state index is 11.4. The van der Waals surface area contributed by atoms with Crippen LogP contribution in [0.15, 0.2) is 0 Å². The van der Waals surface area contributed by atoms with Gasteiger partial charge < -0.3 is 10.2 Å². The molecule has 1 rings (SSSR count). The van der Waals surface area contributed by atoms with Gasteiger partial charge in [-0.05, 0) is 19.3 Å². The van der Waals surface area contributed by atoms with E-state index in [0.717, 1.165) is 25.9 Å². The maximum atomic E-state index is 11.4. The van der Waals surface area contributed by atoms with E-state index in [2.05, 4.69) is 19.2 Å². The summed E-state index contributed by atoms with van der Waals surface area (Å²) < 4.78 is 0. The number of amides is 1. The topological polar surface area (TPSA) is 32.3 Å². The first kappa shape index (κ1) is 11.5. The van der Waals surface area contributed by atoms with Crippen LogP contribution in [-0.4, -0.2) is 36.0 Å². The summed E-state index contributed by atoms with van der Waals surface area (Å²) in [6, 6.07) is 0.925. The van der Waals surface area contributed by atoms with Crippen molar-refractivity contribution in [1.82, 2.24) is 10.2 Å². The van der Waals surface area contributed by atoms with E-state index < -0.39 is 0 Å². The van der Waals surface area contributed by atoms with Crippen molar-refractivity contribution in [3.8, 4) is 0 Å². The molecule has 0 aliphatic carbocycles. The summed E-state index contributed by atoms with van der Waals surface area (Å²) in [5.74, 6) is 0.222. The van der Waals surface area contributed by atoms with E-state index in [0.29, 0.717) is 12.1 Å². The summed E-state index contributed by atoms with van der Waals surface area (Å²) in [4.78, 5) is 13.4. The minimum atomic E-state index is 0.222. The average molecular weight is 198 g/mol. The van der Waals surface area contributed by atoms with Gasteiger partial charge in [0.25, 0.3) is 0 Å². The first-order chi connectivity index (χ1) is 6.61. The van der Waals surface area contributed by atoms with Crippen molar-refractivity contribution in [3.05, 3.63) is 0 Å². The molecule has 0 aromatic carbocycles. The summed E-state index contributed by atoms with van der Waals surface area (Å²) in [5.41, 5.74) is 0. The van der Waals surface area contributed by atoms with E-state index in [-0.39, 0.29) is 5.91 Å². The summed E-state index contributed by atoms with van der Waals surface area (Å²) in [5, 5.41) is 3.41. The number of piperidine rings is 1. The van der Waals surface area contributed by atoms with Gasteiger partial charge in [0.05, 0.1) is 0 Å². The van der Waals surface area contributed by atoms with E-state index in [1.807, 2.05) is 4.90 Å². The van der Waals surface area contributed by atoms with Crippen LogP contribution in [0.2, 0.25) is 0 Å². The average Bonchev–Trinajstić information content (AvgIpc) is 2.15. The quantitative estimate of drug-likeness (QED) is 0.743. The van der Waals surface area contributed by atoms with Gasteiger partial charge in [-0.25, -0.2) is 0 Å². The molecule has 1 saturated heterocycles. The minimum Gasteiger partial charge on any atom is -0.339 e. The fourth-order valence-corrected chi connectivity index (χ4v) is 2.00. The zero-order valence-corrected chi connectivity index (χ0v) is 9.55. The second kappa shape index (κ2) is 5.35. The van der Waals surface area contributed by atoms with Crippen molar-refractivity contribution in [2.24, 2.45) is 0 Å². The predicted molar refractivity (Wildman–Crippen MR) is 58.2 cm³/mol.